The van der Waals surface area contributed by atoms with Crippen molar-refractivity contribution in [3.05, 3.63) is 75.3 Å². The van der Waals surface area contributed by atoms with Crippen LogP contribution in [0.25, 0.3) is 12.2 Å². The van der Waals surface area contributed by atoms with E-state index in [1.165, 1.54) is 11.6 Å². The molecule has 3 heteroatoms. The Hall–Kier alpha value is -2.42. The standard InChI is InChI=1S/C15H13NO2/c1-12-6-8-13(9-7-12)10-11-14-4-2-3-5-15(14)16(17)18/h2-11H,1H3/b11-10-. The molecule has 0 amide bonds. The molecule has 0 saturated carbocycles. The molecule has 0 radical (unpaired) electrons. The van der Waals surface area contributed by atoms with Crippen molar-refractivity contribution in [1.29, 1.82) is 0 Å². The Morgan fingerprint density at radius 2 is 1.67 bits per heavy atom. The second kappa shape index (κ2) is 5.27. The molecule has 2 aromatic carbocycles. The van der Waals surface area contributed by atoms with Crippen LogP contribution < -0.4 is 0 Å². The van der Waals surface area contributed by atoms with Crippen molar-refractivity contribution in [1.82, 2.24) is 0 Å². The Kier molecular flexibility index (Phi) is 3.53. The molecule has 90 valence electrons. The smallest absolute Gasteiger partial charge is 0.258 e. The van der Waals surface area contributed by atoms with Crippen molar-refractivity contribution in [2.24, 2.45) is 0 Å². The lowest BCUT2D eigenvalue weighted by atomic mass is 10.1. The summed E-state index contributed by atoms with van der Waals surface area (Å²) in [5.41, 5.74) is 2.96. The Morgan fingerprint density at radius 3 is 2.33 bits per heavy atom. The monoisotopic (exact) mass is 239 g/mol. The van der Waals surface area contributed by atoms with Crippen molar-refractivity contribution in [3.8, 4) is 0 Å². The number of aryl methyl sites for hydroxylation is 1. The maximum absolute atomic E-state index is 10.8. The van der Waals surface area contributed by atoms with Gasteiger partial charge in [-0.3, -0.25) is 10.1 Å². The van der Waals surface area contributed by atoms with Gasteiger partial charge in [-0.05, 0) is 24.6 Å². The number of hydrogen-bond acceptors (Lipinski definition) is 2. The van der Waals surface area contributed by atoms with Crippen LogP contribution >= 0.6 is 0 Å². The number of rotatable bonds is 3. The van der Waals surface area contributed by atoms with Gasteiger partial charge in [-0.25, -0.2) is 0 Å². The van der Waals surface area contributed by atoms with E-state index in [1.807, 2.05) is 37.3 Å². The fourth-order valence-corrected chi connectivity index (χ4v) is 1.66. The zero-order chi connectivity index (χ0) is 13.0. The summed E-state index contributed by atoms with van der Waals surface area (Å²) < 4.78 is 0. The van der Waals surface area contributed by atoms with Gasteiger partial charge in [0.2, 0.25) is 0 Å². The summed E-state index contributed by atoms with van der Waals surface area (Å²) in [5.74, 6) is 0. The molecule has 0 aromatic heterocycles. The molecule has 0 bridgehead atoms. The largest absolute Gasteiger partial charge is 0.276 e. The minimum Gasteiger partial charge on any atom is -0.258 e. The van der Waals surface area contributed by atoms with Gasteiger partial charge in [0.1, 0.15) is 0 Å². The number of benzene rings is 2. The van der Waals surface area contributed by atoms with E-state index in [4.69, 9.17) is 0 Å². The van der Waals surface area contributed by atoms with Gasteiger partial charge in [0.25, 0.3) is 5.69 Å². The Bertz CT molecular complexity index is 586. The van der Waals surface area contributed by atoms with Gasteiger partial charge in [-0.2, -0.15) is 0 Å². The number of para-hydroxylation sites is 1. The highest BCUT2D eigenvalue weighted by Gasteiger charge is 2.08. The quantitative estimate of drug-likeness (QED) is 0.460. The van der Waals surface area contributed by atoms with E-state index in [-0.39, 0.29) is 10.6 Å². The first-order valence-corrected chi connectivity index (χ1v) is 5.65. The van der Waals surface area contributed by atoms with E-state index >= 15 is 0 Å². The maximum atomic E-state index is 10.8. The van der Waals surface area contributed by atoms with Crippen LogP contribution in [0.2, 0.25) is 0 Å². The Labute approximate surface area is 106 Å². The van der Waals surface area contributed by atoms with Gasteiger partial charge in [-0.15, -0.1) is 0 Å². The third-order valence-corrected chi connectivity index (χ3v) is 2.67. The van der Waals surface area contributed by atoms with Crippen molar-refractivity contribution in [2.45, 2.75) is 6.92 Å². The summed E-state index contributed by atoms with van der Waals surface area (Å²) in [7, 11) is 0. The molecule has 0 N–H and O–H groups in total. The van der Waals surface area contributed by atoms with Crippen LogP contribution in [0.15, 0.2) is 48.5 Å². The molecule has 2 rings (SSSR count). The van der Waals surface area contributed by atoms with E-state index in [9.17, 15) is 10.1 Å². The SMILES string of the molecule is Cc1ccc(/C=C\c2ccccc2[N+](=O)[O-])cc1. The highest BCUT2D eigenvalue weighted by atomic mass is 16.6. The van der Waals surface area contributed by atoms with Gasteiger partial charge in [0.05, 0.1) is 10.5 Å². The number of hydrogen-bond donors (Lipinski definition) is 0. The van der Waals surface area contributed by atoms with Gasteiger partial charge < -0.3 is 0 Å². The average molecular weight is 239 g/mol. The lowest BCUT2D eigenvalue weighted by molar-refractivity contribution is -0.385. The maximum Gasteiger partial charge on any atom is 0.276 e. The summed E-state index contributed by atoms with van der Waals surface area (Å²) in [4.78, 5) is 10.5. The first kappa shape index (κ1) is 12.0. The molecular formula is C15H13NO2. The van der Waals surface area contributed by atoms with Crippen LogP contribution in [0.4, 0.5) is 5.69 Å². The summed E-state index contributed by atoms with van der Waals surface area (Å²) in [6, 6.07) is 14.7. The first-order chi connectivity index (χ1) is 8.66. The Balaban J connectivity index is 2.29. The zero-order valence-electron chi connectivity index (χ0n) is 10.0. The molecule has 18 heavy (non-hydrogen) atoms. The minimum absolute atomic E-state index is 0.126. The van der Waals surface area contributed by atoms with E-state index in [0.29, 0.717) is 5.56 Å². The highest BCUT2D eigenvalue weighted by Crippen LogP contribution is 2.20. The van der Waals surface area contributed by atoms with Gasteiger partial charge >= 0.3 is 0 Å². The molecule has 0 saturated heterocycles. The second-order valence-corrected chi connectivity index (χ2v) is 4.06. The van der Waals surface area contributed by atoms with Gasteiger partial charge in [0, 0.05) is 6.07 Å². The van der Waals surface area contributed by atoms with E-state index < -0.39 is 0 Å². The molecule has 0 aliphatic carbocycles. The second-order valence-electron chi connectivity index (χ2n) is 4.06. The van der Waals surface area contributed by atoms with Crippen molar-refractivity contribution >= 4 is 17.8 Å². The van der Waals surface area contributed by atoms with Crippen molar-refractivity contribution in [2.75, 3.05) is 0 Å². The third-order valence-electron chi connectivity index (χ3n) is 2.67. The predicted octanol–water partition coefficient (Wildman–Crippen LogP) is 4.07. The van der Waals surface area contributed by atoms with Crippen LogP contribution in [0.1, 0.15) is 16.7 Å². The Morgan fingerprint density at radius 1 is 1.00 bits per heavy atom. The number of nitro groups is 1. The van der Waals surface area contributed by atoms with Gasteiger partial charge in [0.15, 0.2) is 0 Å². The molecular weight excluding hydrogens is 226 g/mol. The third kappa shape index (κ3) is 2.83. The average Bonchev–Trinajstić information content (AvgIpc) is 2.38. The summed E-state index contributed by atoms with van der Waals surface area (Å²) >= 11 is 0. The molecule has 0 aliphatic rings. The lowest BCUT2D eigenvalue weighted by Crippen LogP contribution is -1.90. The molecule has 0 unspecified atom stereocenters. The molecule has 0 aliphatic heterocycles. The van der Waals surface area contributed by atoms with Crippen LogP contribution in [0, 0.1) is 17.0 Å². The molecule has 0 fully saturated rings. The fraction of sp³-hybridized carbons (Fsp3) is 0.0667. The molecule has 0 atom stereocenters. The van der Waals surface area contributed by atoms with E-state index in [2.05, 4.69) is 0 Å². The first-order valence-electron chi connectivity index (χ1n) is 5.65. The van der Waals surface area contributed by atoms with Crippen LogP contribution in [0.5, 0.6) is 0 Å². The predicted molar refractivity (Wildman–Crippen MR) is 73.2 cm³/mol. The molecule has 2 aromatic rings. The summed E-state index contributed by atoms with van der Waals surface area (Å²) in [6.07, 6.45) is 3.64. The van der Waals surface area contributed by atoms with E-state index in [0.717, 1.165) is 5.56 Å². The van der Waals surface area contributed by atoms with Crippen LogP contribution in [-0.4, -0.2) is 4.92 Å². The van der Waals surface area contributed by atoms with Crippen LogP contribution in [0.3, 0.4) is 0 Å². The van der Waals surface area contributed by atoms with Gasteiger partial charge in [-0.1, -0.05) is 48.0 Å². The van der Waals surface area contributed by atoms with Crippen molar-refractivity contribution < 1.29 is 4.92 Å². The summed E-state index contributed by atoms with van der Waals surface area (Å²) in [5, 5.41) is 10.8. The normalized spacial score (nSPS) is 10.7. The molecule has 0 heterocycles. The highest BCUT2D eigenvalue weighted by molar-refractivity contribution is 5.74. The molecule has 0 spiro atoms. The lowest BCUT2D eigenvalue weighted by Gasteiger charge is -1.97. The zero-order valence-corrected chi connectivity index (χ0v) is 10.0. The number of nitro benzene ring substituents is 1. The number of nitrogens with zero attached hydrogens (tertiary/aromatic N) is 1. The van der Waals surface area contributed by atoms with Crippen LogP contribution in [-0.2, 0) is 0 Å². The summed E-state index contributed by atoms with van der Waals surface area (Å²) in [6.45, 7) is 2.02. The fourth-order valence-electron chi connectivity index (χ4n) is 1.66. The van der Waals surface area contributed by atoms with Crippen molar-refractivity contribution in [3.63, 3.8) is 0 Å². The molecule has 3 nitrogen and oxygen atoms in total. The topological polar surface area (TPSA) is 43.1 Å². The minimum atomic E-state index is -0.366. The van der Waals surface area contributed by atoms with E-state index in [1.54, 1.807) is 24.3 Å².